The van der Waals surface area contributed by atoms with Crippen LogP contribution >= 0.6 is 34.8 Å². The fraction of sp³-hybridized carbons (Fsp3) is 0.588. The van der Waals surface area contributed by atoms with Crippen molar-refractivity contribution in [1.82, 2.24) is 0 Å². The summed E-state index contributed by atoms with van der Waals surface area (Å²) in [6, 6.07) is 0. The fourth-order valence-corrected chi connectivity index (χ4v) is 3.51. The third kappa shape index (κ3) is 5.22. The maximum absolute atomic E-state index is 14.1. The number of halogens is 10. The van der Waals surface area contributed by atoms with Crippen LogP contribution in [0.4, 0.5) is 30.7 Å². The van der Waals surface area contributed by atoms with E-state index in [4.69, 9.17) is 34.8 Å². The molecule has 1 aromatic carbocycles. The van der Waals surface area contributed by atoms with E-state index in [2.05, 4.69) is 0 Å². The molecule has 0 amide bonds. The summed E-state index contributed by atoms with van der Waals surface area (Å²) in [4.78, 5) is 11.7. The number of rotatable bonds is 7. The quantitative estimate of drug-likeness (QED) is 0.267. The fourth-order valence-electron chi connectivity index (χ4n) is 2.66. The summed E-state index contributed by atoms with van der Waals surface area (Å²) in [6.07, 6.45) is -7.33. The van der Waals surface area contributed by atoms with Crippen LogP contribution in [0, 0.1) is 41.5 Å². The molecule has 0 radical (unpaired) electrons. The Balaban J connectivity index is 3.36. The molecular weight excluding hydrogens is 476 g/mol. The van der Waals surface area contributed by atoms with Crippen LogP contribution in [-0.2, 0) is 11.2 Å². The molecule has 0 fully saturated rings. The molecule has 1 rings (SSSR count). The van der Waals surface area contributed by atoms with Gasteiger partial charge in [-0.3, -0.25) is 4.79 Å². The van der Waals surface area contributed by atoms with Crippen molar-refractivity contribution in [2.75, 3.05) is 0 Å². The van der Waals surface area contributed by atoms with E-state index in [0.717, 1.165) is 20.8 Å². The normalized spacial score (nSPS) is 15.3. The molecule has 1 aromatic rings. The molecule has 2 nitrogen and oxygen atoms in total. The first-order valence-electron chi connectivity index (χ1n) is 7.99. The monoisotopic (exact) mass is 490 g/mol. The molecule has 0 saturated heterocycles. The van der Waals surface area contributed by atoms with Crippen molar-refractivity contribution in [1.29, 1.82) is 0 Å². The second kappa shape index (κ2) is 8.67. The lowest BCUT2D eigenvalue weighted by Gasteiger charge is -2.38. The van der Waals surface area contributed by atoms with Gasteiger partial charge in [0.1, 0.15) is 0 Å². The number of hydrogen-bond donors (Lipinski definition) is 1. The highest BCUT2D eigenvalue weighted by Crippen LogP contribution is 2.49. The van der Waals surface area contributed by atoms with E-state index in [1.54, 1.807) is 0 Å². The Morgan fingerprint density at radius 1 is 1.00 bits per heavy atom. The average Bonchev–Trinajstić information content (AvgIpc) is 2.56. The van der Waals surface area contributed by atoms with Gasteiger partial charge in [-0.05, 0) is 18.8 Å². The molecule has 0 spiro atoms. The lowest BCUT2D eigenvalue weighted by molar-refractivity contribution is -0.148. The highest BCUT2D eigenvalue weighted by Gasteiger charge is 2.56. The Kier molecular flexibility index (Phi) is 7.80. The third-order valence-electron chi connectivity index (χ3n) is 4.84. The van der Waals surface area contributed by atoms with Gasteiger partial charge < -0.3 is 5.11 Å². The van der Waals surface area contributed by atoms with Crippen molar-refractivity contribution in [2.45, 2.75) is 49.5 Å². The summed E-state index contributed by atoms with van der Waals surface area (Å²) in [5.41, 5.74) is -3.93. The van der Waals surface area contributed by atoms with E-state index in [-0.39, 0.29) is 0 Å². The molecule has 166 valence electrons. The first-order valence-corrected chi connectivity index (χ1v) is 9.18. The molecule has 2 unspecified atom stereocenters. The molecule has 0 bridgehead atoms. The van der Waals surface area contributed by atoms with Crippen LogP contribution in [0.25, 0.3) is 0 Å². The van der Waals surface area contributed by atoms with Gasteiger partial charge in [0.05, 0.1) is 5.92 Å². The van der Waals surface area contributed by atoms with Gasteiger partial charge in [-0.1, -0.05) is 37.0 Å². The number of hydrogen-bond acceptors (Lipinski definition) is 1. The highest BCUT2D eigenvalue weighted by molar-refractivity contribution is 6.49. The van der Waals surface area contributed by atoms with E-state index in [0.29, 0.717) is 0 Å². The Bertz CT molecular complexity index is 765. The standard InChI is InChI=1S/C17H16Cl3F7O2/c1-6-10(21)12(23)7(13(24)11(6)22)4-8(14(28)29)15(2,3)9(18)5-16(19,20)17(25,26)27/h8-9H,4-5H2,1-3H3,(H,28,29). The number of benzene rings is 1. The van der Waals surface area contributed by atoms with Gasteiger partial charge in [0.2, 0.25) is 4.33 Å². The van der Waals surface area contributed by atoms with Crippen molar-refractivity contribution < 1.29 is 40.6 Å². The summed E-state index contributed by atoms with van der Waals surface area (Å²) in [5, 5.41) is 7.83. The molecular formula is C17H16Cl3F7O2. The third-order valence-corrected chi connectivity index (χ3v) is 6.29. The number of carboxylic acid groups (broad SMARTS) is 1. The first kappa shape index (κ1) is 26.1. The number of carboxylic acids is 1. The van der Waals surface area contributed by atoms with Crippen molar-refractivity contribution in [3.8, 4) is 0 Å². The lowest BCUT2D eigenvalue weighted by atomic mass is 9.71. The Labute approximate surface area is 176 Å². The molecule has 0 heterocycles. The maximum atomic E-state index is 14.1. The van der Waals surface area contributed by atoms with Crippen molar-refractivity contribution in [2.24, 2.45) is 11.3 Å². The van der Waals surface area contributed by atoms with Gasteiger partial charge in [0.15, 0.2) is 23.3 Å². The van der Waals surface area contributed by atoms with Crippen LogP contribution in [0.3, 0.4) is 0 Å². The van der Waals surface area contributed by atoms with Crippen molar-refractivity contribution in [3.63, 3.8) is 0 Å². The molecule has 1 N–H and O–H groups in total. The summed E-state index contributed by atoms with van der Waals surface area (Å²) in [7, 11) is 0. The average molecular weight is 492 g/mol. The predicted molar refractivity (Wildman–Crippen MR) is 94.4 cm³/mol. The summed E-state index contributed by atoms with van der Waals surface area (Å²) < 4.78 is 91.2. The maximum Gasteiger partial charge on any atom is 0.421 e. The first-order chi connectivity index (χ1) is 12.9. The predicted octanol–water partition coefficient (Wildman–Crippen LogP) is 6.55. The number of carbonyl (C=O) groups is 1. The van der Waals surface area contributed by atoms with E-state index in [9.17, 15) is 40.6 Å². The zero-order chi connectivity index (χ0) is 23.1. The summed E-state index contributed by atoms with van der Waals surface area (Å²) >= 11 is 16.5. The zero-order valence-electron chi connectivity index (χ0n) is 15.2. The van der Waals surface area contributed by atoms with Gasteiger partial charge in [-0.15, -0.1) is 11.6 Å². The van der Waals surface area contributed by atoms with Crippen molar-refractivity contribution >= 4 is 40.8 Å². The van der Waals surface area contributed by atoms with Gasteiger partial charge in [-0.25, -0.2) is 17.6 Å². The SMILES string of the molecule is Cc1c(F)c(F)c(CC(C(=O)O)C(C)(C)C(Cl)CC(Cl)(Cl)C(F)(F)F)c(F)c1F. The van der Waals surface area contributed by atoms with Crippen molar-refractivity contribution in [3.05, 3.63) is 34.4 Å². The van der Waals surface area contributed by atoms with E-state index >= 15 is 0 Å². The number of aliphatic carboxylic acids is 1. The second-order valence-electron chi connectivity index (χ2n) is 7.15. The van der Waals surface area contributed by atoms with Gasteiger partial charge in [0, 0.05) is 22.9 Å². The van der Waals surface area contributed by atoms with E-state index < -0.39 is 80.4 Å². The zero-order valence-corrected chi connectivity index (χ0v) is 17.5. The smallest absolute Gasteiger partial charge is 0.421 e. The van der Waals surface area contributed by atoms with Crippen LogP contribution in [-0.4, -0.2) is 27.0 Å². The summed E-state index contributed by atoms with van der Waals surface area (Å²) in [5.74, 6) is -10.6. The molecule has 2 atom stereocenters. The second-order valence-corrected chi connectivity index (χ2v) is 9.16. The van der Waals surface area contributed by atoms with Crippen LogP contribution < -0.4 is 0 Å². The lowest BCUT2D eigenvalue weighted by Crippen LogP contribution is -2.45. The van der Waals surface area contributed by atoms with E-state index in [1.807, 2.05) is 0 Å². The minimum absolute atomic E-state index is 0.783. The summed E-state index contributed by atoms with van der Waals surface area (Å²) in [6.45, 7) is 3.01. The van der Waals surface area contributed by atoms with Crippen LogP contribution in [0.5, 0.6) is 0 Å². The Hall–Kier alpha value is -0.930. The van der Waals surface area contributed by atoms with Gasteiger partial charge >= 0.3 is 12.1 Å². The molecule has 29 heavy (non-hydrogen) atoms. The van der Waals surface area contributed by atoms with Crippen LogP contribution in [0.2, 0.25) is 0 Å². The Morgan fingerprint density at radius 3 is 1.76 bits per heavy atom. The van der Waals surface area contributed by atoms with E-state index in [1.165, 1.54) is 0 Å². The Morgan fingerprint density at radius 2 is 1.41 bits per heavy atom. The minimum Gasteiger partial charge on any atom is -0.481 e. The van der Waals surface area contributed by atoms with Gasteiger partial charge in [-0.2, -0.15) is 13.2 Å². The molecule has 0 aliphatic carbocycles. The highest BCUT2D eigenvalue weighted by atomic mass is 35.5. The van der Waals surface area contributed by atoms with Crippen LogP contribution in [0.15, 0.2) is 0 Å². The van der Waals surface area contributed by atoms with Crippen LogP contribution in [0.1, 0.15) is 31.4 Å². The van der Waals surface area contributed by atoms with Gasteiger partial charge in [0.25, 0.3) is 0 Å². The minimum atomic E-state index is -5.10. The molecule has 0 aromatic heterocycles. The topological polar surface area (TPSA) is 37.3 Å². The molecule has 0 aliphatic heterocycles. The molecule has 12 heteroatoms. The number of alkyl halides is 6. The molecule has 0 saturated carbocycles. The molecule has 0 aliphatic rings. The largest absolute Gasteiger partial charge is 0.481 e.